The third-order valence-electron chi connectivity index (χ3n) is 11.4. The fourth-order valence-electron chi connectivity index (χ4n) is 8.94. The summed E-state index contributed by atoms with van der Waals surface area (Å²) in [6.07, 6.45) is 0. The van der Waals surface area contributed by atoms with Crippen LogP contribution in [-0.2, 0) is 0 Å². The molecule has 2 aromatic heterocycles. The molecule has 0 N–H and O–H groups in total. The minimum absolute atomic E-state index is 0.962. The van der Waals surface area contributed by atoms with Crippen LogP contribution >= 0.6 is 11.3 Å². The molecule has 10 aromatic carbocycles. The number of hydrogen-bond acceptors (Lipinski definition) is 2. The van der Waals surface area contributed by atoms with Gasteiger partial charge in [-0.1, -0.05) is 140 Å². The maximum atomic E-state index is 6.86. The van der Waals surface area contributed by atoms with Crippen molar-refractivity contribution in [2.75, 3.05) is 0 Å². The lowest BCUT2D eigenvalue weighted by molar-refractivity contribution is 0.677. The summed E-state index contributed by atoms with van der Waals surface area (Å²) in [4.78, 5) is 0. The standard InChI is InChI=1S/C52H30OS/c1-2-10-31(11-3-1)33-18-19-35-29-36(21-20-34(35)28-33)48-39-14-6-8-16-41(39)49(42-17-9-7-15-40(42)48)37-23-26-46-45(30-37)50-47(54-46)27-25-44-43-24-22-32-12-4-5-13-38(32)51(43)53-52(44)50/h1-30H. The molecule has 2 heteroatoms. The number of benzene rings is 10. The fourth-order valence-corrected chi connectivity index (χ4v) is 10.0. The van der Waals surface area contributed by atoms with E-state index in [1.54, 1.807) is 0 Å². The predicted octanol–water partition coefficient (Wildman–Crippen LogP) is 15.6. The molecule has 0 saturated carbocycles. The molecule has 54 heavy (non-hydrogen) atoms. The average molecular weight is 703 g/mol. The van der Waals surface area contributed by atoms with Gasteiger partial charge in [0.05, 0.1) is 0 Å². The molecule has 0 saturated heterocycles. The van der Waals surface area contributed by atoms with Crippen molar-refractivity contribution in [1.82, 2.24) is 0 Å². The van der Waals surface area contributed by atoms with Gasteiger partial charge in [-0.3, -0.25) is 0 Å². The molecule has 0 aliphatic carbocycles. The molecule has 250 valence electrons. The summed E-state index contributed by atoms with van der Waals surface area (Å²) in [5, 5.41) is 14.6. The monoisotopic (exact) mass is 702 g/mol. The highest BCUT2D eigenvalue weighted by Crippen LogP contribution is 2.48. The van der Waals surface area contributed by atoms with Crippen LogP contribution in [0.3, 0.4) is 0 Å². The van der Waals surface area contributed by atoms with Crippen molar-refractivity contribution in [1.29, 1.82) is 0 Å². The Bertz CT molecular complexity index is 3440. The Hall–Kier alpha value is -6.74. The highest BCUT2D eigenvalue weighted by atomic mass is 32.1. The Morgan fingerprint density at radius 3 is 1.54 bits per heavy atom. The van der Waals surface area contributed by atoms with Crippen LogP contribution in [0.15, 0.2) is 186 Å². The third-order valence-corrected chi connectivity index (χ3v) is 12.6. The van der Waals surface area contributed by atoms with Gasteiger partial charge in [0.1, 0.15) is 11.2 Å². The maximum absolute atomic E-state index is 6.86. The summed E-state index contributed by atoms with van der Waals surface area (Å²) >= 11 is 1.84. The zero-order valence-corrected chi connectivity index (χ0v) is 30.0. The Labute approximate surface area is 314 Å². The molecule has 1 nitrogen and oxygen atoms in total. The third kappa shape index (κ3) is 4.32. The molecule has 0 fully saturated rings. The van der Waals surface area contributed by atoms with Crippen molar-refractivity contribution in [3.8, 4) is 33.4 Å². The first-order valence-electron chi connectivity index (χ1n) is 18.5. The summed E-state index contributed by atoms with van der Waals surface area (Å²) in [6.45, 7) is 0. The van der Waals surface area contributed by atoms with Crippen LogP contribution in [0.4, 0.5) is 0 Å². The van der Waals surface area contributed by atoms with E-state index < -0.39 is 0 Å². The normalized spacial score (nSPS) is 12.1. The zero-order valence-electron chi connectivity index (χ0n) is 29.1. The van der Waals surface area contributed by atoms with Crippen molar-refractivity contribution < 1.29 is 4.42 Å². The van der Waals surface area contributed by atoms with Crippen LogP contribution in [0.5, 0.6) is 0 Å². The largest absolute Gasteiger partial charge is 0.455 e. The molecule has 0 aliphatic heterocycles. The van der Waals surface area contributed by atoms with Gasteiger partial charge in [0.15, 0.2) is 0 Å². The predicted molar refractivity (Wildman–Crippen MR) is 233 cm³/mol. The zero-order chi connectivity index (χ0) is 35.3. The van der Waals surface area contributed by atoms with Crippen molar-refractivity contribution in [3.63, 3.8) is 0 Å². The number of furan rings is 1. The van der Waals surface area contributed by atoms with E-state index in [4.69, 9.17) is 4.42 Å². The Morgan fingerprint density at radius 2 is 0.815 bits per heavy atom. The van der Waals surface area contributed by atoms with Gasteiger partial charge in [-0.25, -0.2) is 0 Å². The quantitative estimate of drug-likeness (QED) is 0.167. The van der Waals surface area contributed by atoms with Gasteiger partial charge >= 0.3 is 0 Å². The highest BCUT2D eigenvalue weighted by molar-refractivity contribution is 7.26. The molecular weight excluding hydrogens is 673 g/mol. The molecule has 0 unspecified atom stereocenters. The van der Waals surface area contributed by atoms with E-state index in [1.807, 2.05) is 11.3 Å². The van der Waals surface area contributed by atoms with Gasteiger partial charge in [0.25, 0.3) is 0 Å². The Balaban J connectivity index is 1.09. The second-order valence-electron chi connectivity index (χ2n) is 14.4. The summed E-state index contributed by atoms with van der Waals surface area (Å²) in [5.74, 6) is 0. The number of fused-ring (bicyclic) bond motifs is 12. The van der Waals surface area contributed by atoms with Crippen LogP contribution in [0.2, 0.25) is 0 Å². The Morgan fingerprint density at radius 1 is 0.296 bits per heavy atom. The van der Waals surface area contributed by atoms with Gasteiger partial charge in [0.2, 0.25) is 0 Å². The second kappa shape index (κ2) is 11.4. The van der Waals surface area contributed by atoms with E-state index in [2.05, 4.69) is 182 Å². The molecule has 0 amide bonds. The van der Waals surface area contributed by atoms with E-state index >= 15 is 0 Å². The lowest BCUT2D eigenvalue weighted by atomic mass is 9.85. The number of thiophene rings is 1. The van der Waals surface area contributed by atoms with E-state index in [0.29, 0.717) is 0 Å². The van der Waals surface area contributed by atoms with Crippen LogP contribution < -0.4 is 0 Å². The van der Waals surface area contributed by atoms with Gasteiger partial charge in [0, 0.05) is 36.3 Å². The van der Waals surface area contributed by atoms with Gasteiger partial charge in [-0.05, 0) is 114 Å². The smallest absolute Gasteiger partial charge is 0.144 e. The molecule has 12 aromatic rings. The minimum atomic E-state index is 0.962. The van der Waals surface area contributed by atoms with E-state index in [9.17, 15) is 0 Å². The average Bonchev–Trinajstić information content (AvgIpc) is 3.81. The fraction of sp³-hybridized carbons (Fsp3) is 0. The van der Waals surface area contributed by atoms with Crippen molar-refractivity contribution in [2.45, 2.75) is 0 Å². The van der Waals surface area contributed by atoms with E-state index in [0.717, 1.165) is 16.6 Å². The number of hydrogen-bond donors (Lipinski definition) is 0. The topological polar surface area (TPSA) is 13.1 Å². The van der Waals surface area contributed by atoms with E-state index in [1.165, 1.54) is 102 Å². The molecule has 0 aliphatic rings. The first kappa shape index (κ1) is 29.8. The molecule has 0 spiro atoms. The first-order chi connectivity index (χ1) is 26.8. The van der Waals surface area contributed by atoms with E-state index in [-0.39, 0.29) is 0 Å². The maximum Gasteiger partial charge on any atom is 0.144 e. The number of rotatable bonds is 3. The molecule has 0 bridgehead atoms. The minimum Gasteiger partial charge on any atom is -0.455 e. The molecule has 0 radical (unpaired) electrons. The van der Waals surface area contributed by atoms with Gasteiger partial charge in [-0.15, -0.1) is 11.3 Å². The first-order valence-corrected chi connectivity index (χ1v) is 19.3. The highest BCUT2D eigenvalue weighted by Gasteiger charge is 2.20. The summed E-state index contributed by atoms with van der Waals surface area (Å²) in [5.41, 5.74) is 9.39. The van der Waals surface area contributed by atoms with Crippen LogP contribution in [0.1, 0.15) is 0 Å². The lowest BCUT2D eigenvalue weighted by Crippen LogP contribution is -1.91. The summed E-state index contributed by atoms with van der Waals surface area (Å²) < 4.78 is 9.38. The molecule has 12 rings (SSSR count). The molecule has 2 heterocycles. The van der Waals surface area contributed by atoms with Gasteiger partial charge < -0.3 is 4.42 Å². The van der Waals surface area contributed by atoms with Crippen molar-refractivity contribution in [3.05, 3.63) is 182 Å². The Kier molecular flexibility index (Phi) is 6.28. The second-order valence-corrected chi connectivity index (χ2v) is 15.5. The molecule has 0 atom stereocenters. The van der Waals surface area contributed by atoms with Gasteiger partial charge in [-0.2, -0.15) is 0 Å². The van der Waals surface area contributed by atoms with Crippen molar-refractivity contribution in [2.24, 2.45) is 0 Å². The summed E-state index contributed by atoms with van der Waals surface area (Å²) in [7, 11) is 0. The SMILES string of the molecule is c1ccc(-c2ccc3cc(-c4c5ccccc5c(-c5ccc6sc7ccc8c9ccc%10ccccc%10c9oc8c7c6c5)c5ccccc45)ccc3c2)cc1. The van der Waals surface area contributed by atoms with Crippen molar-refractivity contribution >= 4 is 96.5 Å². The molecular formula is C52H30OS. The van der Waals surface area contributed by atoms with Crippen LogP contribution in [-0.4, -0.2) is 0 Å². The summed E-state index contributed by atoms with van der Waals surface area (Å²) in [6, 6.07) is 66.8. The van der Waals surface area contributed by atoms with Crippen LogP contribution in [0, 0.1) is 0 Å². The lowest BCUT2D eigenvalue weighted by Gasteiger charge is -2.18. The van der Waals surface area contributed by atoms with Crippen LogP contribution in [0.25, 0.3) is 119 Å².